The molecule has 0 amide bonds. The van der Waals surface area contributed by atoms with E-state index in [4.69, 9.17) is 4.74 Å². The van der Waals surface area contributed by atoms with Crippen molar-refractivity contribution in [1.82, 2.24) is 4.90 Å². The van der Waals surface area contributed by atoms with Gasteiger partial charge >= 0.3 is 5.97 Å². The number of rotatable bonds is 4. The van der Waals surface area contributed by atoms with Gasteiger partial charge in [0.1, 0.15) is 6.61 Å². The van der Waals surface area contributed by atoms with Gasteiger partial charge in [-0.1, -0.05) is 30.3 Å². The average molecular weight is 205 g/mol. The van der Waals surface area contributed by atoms with Gasteiger partial charge in [0, 0.05) is 20.0 Å². The third-order valence-electron chi connectivity index (χ3n) is 2.54. The molecule has 0 aromatic heterocycles. The van der Waals surface area contributed by atoms with E-state index in [1.165, 1.54) is 12.5 Å². The van der Waals surface area contributed by atoms with Crippen molar-refractivity contribution in [1.29, 1.82) is 0 Å². The highest BCUT2D eigenvalue weighted by molar-refractivity contribution is 5.65. The summed E-state index contributed by atoms with van der Waals surface area (Å²) in [6.45, 7) is 3.96. The van der Waals surface area contributed by atoms with E-state index in [2.05, 4.69) is 17.0 Å². The maximum Gasteiger partial charge on any atom is 0.302 e. The van der Waals surface area contributed by atoms with Gasteiger partial charge in [-0.05, 0) is 5.56 Å². The minimum atomic E-state index is -0.193. The maximum absolute atomic E-state index is 10.6. The van der Waals surface area contributed by atoms with E-state index in [1.54, 1.807) is 0 Å². The van der Waals surface area contributed by atoms with Crippen LogP contribution in [0, 0.1) is 0 Å². The Morgan fingerprint density at radius 3 is 2.87 bits per heavy atom. The monoisotopic (exact) mass is 205 g/mol. The summed E-state index contributed by atoms with van der Waals surface area (Å²) < 4.78 is 4.95. The first-order chi connectivity index (χ1) is 7.25. The van der Waals surface area contributed by atoms with Gasteiger partial charge in [0.15, 0.2) is 0 Å². The predicted molar refractivity (Wildman–Crippen MR) is 57.3 cm³/mol. The first-order valence-electron chi connectivity index (χ1n) is 5.17. The molecule has 80 valence electrons. The third kappa shape index (κ3) is 3.06. The van der Waals surface area contributed by atoms with Gasteiger partial charge in [-0.2, -0.15) is 0 Å². The van der Waals surface area contributed by atoms with E-state index in [9.17, 15) is 4.79 Å². The van der Waals surface area contributed by atoms with Crippen molar-refractivity contribution in [2.45, 2.75) is 19.5 Å². The minimum absolute atomic E-state index is 0.193. The molecule has 1 saturated heterocycles. The summed E-state index contributed by atoms with van der Waals surface area (Å²) in [5.41, 5.74) is 1.31. The molecular formula is C12H15NO2. The Morgan fingerprint density at radius 2 is 2.20 bits per heavy atom. The zero-order valence-electron chi connectivity index (χ0n) is 8.85. The minimum Gasteiger partial charge on any atom is -0.464 e. The summed E-state index contributed by atoms with van der Waals surface area (Å²) in [5, 5.41) is 0. The molecule has 1 fully saturated rings. The Hall–Kier alpha value is -1.35. The molecule has 2 atom stereocenters. The first kappa shape index (κ1) is 10.2. The predicted octanol–water partition coefficient (Wildman–Crippen LogP) is 1.43. The van der Waals surface area contributed by atoms with E-state index in [1.807, 2.05) is 18.2 Å². The smallest absolute Gasteiger partial charge is 0.302 e. The van der Waals surface area contributed by atoms with Gasteiger partial charge in [-0.15, -0.1) is 0 Å². The largest absolute Gasteiger partial charge is 0.464 e. The van der Waals surface area contributed by atoms with Crippen molar-refractivity contribution >= 4 is 5.97 Å². The Morgan fingerprint density at radius 1 is 1.47 bits per heavy atom. The van der Waals surface area contributed by atoms with E-state index >= 15 is 0 Å². The maximum atomic E-state index is 10.6. The number of esters is 1. The second-order valence-electron chi connectivity index (χ2n) is 3.87. The van der Waals surface area contributed by atoms with E-state index in [0.717, 1.165) is 13.1 Å². The molecule has 1 unspecified atom stereocenters. The molecule has 3 nitrogen and oxygen atoms in total. The highest BCUT2D eigenvalue weighted by Crippen LogP contribution is 2.20. The number of hydrogen-bond donors (Lipinski definition) is 0. The number of nitrogens with zero attached hydrogens (tertiary/aromatic N) is 1. The molecule has 0 bridgehead atoms. The van der Waals surface area contributed by atoms with Gasteiger partial charge in [0.2, 0.25) is 0 Å². The van der Waals surface area contributed by atoms with Crippen LogP contribution in [0.3, 0.4) is 0 Å². The third-order valence-corrected chi connectivity index (χ3v) is 2.54. The molecule has 1 heterocycles. The number of benzene rings is 1. The average Bonchev–Trinajstić information content (AvgIpc) is 2.95. The Balaban J connectivity index is 1.73. The van der Waals surface area contributed by atoms with Crippen molar-refractivity contribution in [3.63, 3.8) is 0 Å². The normalized spacial score (nSPS) is 23.5. The summed E-state index contributed by atoms with van der Waals surface area (Å²) >= 11 is 0. The molecule has 1 aromatic rings. The Bertz CT molecular complexity index is 337. The quantitative estimate of drug-likeness (QED) is 0.550. The topological polar surface area (TPSA) is 29.3 Å². The van der Waals surface area contributed by atoms with Crippen LogP contribution in [0.2, 0.25) is 0 Å². The lowest BCUT2D eigenvalue weighted by molar-refractivity contribution is -0.141. The van der Waals surface area contributed by atoms with E-state index in [0.29, 0.717) is 12.6 Å². The van der Waals surface area contributed by atoms with Crippen molar-refractivity contribution in [3.8, 4) is 0 Å². The van der Waals surface area contributed by atoms with Crippen LogP contribution in [0.5, 0.6) is 0 Å². The highest BCUT2D eigenvalue weighted by atomic mass is 16.5. The van der Waals surface area contributed by atoms with Crippen molar-refractivity contribution < 1.29 is 9.53 Å². The molecule has 1 aliphatic heterocycles. The Labute approximate surface area is 89.7 Å². The van der Waals surface area contributed by atoms with Gasteiger partial charge in [0.05, 0.1) is 6.04 Å². The fourth-order valence-electron chi connectivity index (χ4n) is 1.61. The number of hydrogen-bond acceptors (Lipinski definition) is 3. The van der Waals surface area contributed by atoms with Gasteiger partial charge in [-0.3, -0.25) is 9.69 Å². The van der Waals surface area contributed by atoms with Crippen LogP contribution in [0.1, 0.15) is 12.5 Å². The Kier molecular flexibility index (Phi) is 3.02. The van der Waals surface area contributed by atoms with Gasteiger partial charge in [0.25, 0.3) is 0 Å². The highest BCUT2D eigenvalue weighted by Gasteiger charge is 2.34. The molecular weight excluding hydrogens is 190 g/mol. The SMILES string of the molecule is CC(=O)OC[C@@H]1CN1Cc1ccccc1. The number of carbonyl (C=O) groups excluding carboxylic acids is 1. The van der Waals surface area contributed by atoms with Crippen LogP contribution in [0.15, 0.2) is 30.3 Å². The first-order valence-corrected chi connectivity index (χ1v) is 5.17. The summed E-state index contributed by atoms with van der Waals surface area (Å²) in [6.07, 6.45) is 0. The van der Waals surface area contributed by atoms with Crippen LogP contribution in [-0.2, 0) is 16.1 Å². The zero-order chi connectivity index (χ0) is 10.7. The van der Waals surface area contributed by atoms with E-state index < -0.39 is 0 Å². The van der Waals surface area contributed by atoms with Crippen LogP contribution >= 0.6 is 0 Å². The zero-order valence-corrected chi connectivity index (χ0v) is 8.85. The molecule has 0 N–H and O–H groups in total. The second-order valence-corrected chi connectivity index (χ2v) is 3.87. The van der Waals surface area contributed by atoms with Crippen molar-refractivity contribution in [3.05, 3.63) is 35.9 Å². The lowest BCUT2D eigenvalue weighted by Gasteiger charge is -2.04. The molecule has 2 rings (SSSR count). The molecule has 1 aliphatic rings. The van der Waals surface area contributed by atoms with Crippen LogP contribution in [0.25, 0.3) is 0 Å². The lowest BCUT2D eigenvalue weighted by atomic mass is 10.2. The molecule has 1 aromatic carbocycles. The van der Waals surface area contributed by atoms with Crippen molar-refractivity contribution in [2.24, 2.45) is 0 Å². The fourth-order valence-corrected chi connectivity index (χ4v) is 1.61. The number of ether oxygens (including phenoxy) is 1. The molecule has 0 radical (unpaired) electrons. The second kappa shape index (κ2) is 4.45. The van der Waals surface area contributed by atoms with Gasteiger partial charge < -0.3 is 4.74 Å². The summed E-state index contributed by atoms with van der Waals surface area (Å²) in [6, 6.07) is 10.7. The summed E-state index contributed by atoms with van der Waals surface area (Å²) in [4.78, 5) is 12.9. The fraction of sp³-hybridized carbons (Fsp3) is 0.417. The van der Waals surface area contributed by atoms with Gasteiger partial charge in [-0.25, -0.2) is 0 Å². The number of carbonyl (C=O) groups is 1. The summed E-state index contributed by atoms with van der Waals surface area (Å²) in [5.74, 6) is -0.193. The van der Waals surface area contributed by atoms with Crippen LogP contribution in [-0.4, -0.2) is 30.1 Å². The van der Waals surface area contributed by atoms with Crippen LogP contribution < -0.4 is 0 Å². The molecule has 0 spiro atoms. The van der Waals surface area contributed by atoms with Crippen molar-refractivity contribution in [2.75, 3.05) is 13.2 Å². The molecule has 0 saturated carbocycles. The molecule has 3 heteroatoms. The lowest BCUT2D eigenvalue weighted by Crippen LogP contribution is -2.11. The van der Waals surface area contributed by atoms with Crippen LogP contribution in [0.4, 0.5) is 0 Å². The molecule has 0 aliphatic carbocycles. The summed E-state index contributed by atoms with van der Waals surface area (Å²) in [7, 11) is 0. The molecule has 15 heavy (non-hydrogen) atoms. The van der Waals surface area contributed by atoms with E-state index in [-0.39, 0.29) is 5.97 Å². The standard InChI is InChI=1S/C12H15NO2/c1-10(14)15-9-12-8-13(12)7-11-5-3-2-4-6-11/h2-6,12H,7-9H2,1H3/t12-,13?/m0/s1.